The Bertz CT molecular complexity index is 513. The van der Waals surface area contributed by atoms with Gasteiger partial charge in [-0.15, -0.1) is 11.3 Å². The van der Waals surface area contributed by atoms with Gasteiger partial charge in [-0.1, -0.05) is 0 Å². The van der Waals surface area contributed by atoms with Gasteiger partial charge in [-0.05, 0) is 33.1 Å². The molecule has 0 bridgehead atoms. The monoisotopic (exact) mass is 354 g/mol. The summed E-state index contributed by atoms with van der Waals surface area (Å²) in [6.45, 7) is 8.20. The summed E-state index contributed by atoms with van der Waals surface area (Å²) in [7, 11) is 1.80. The normalized spacial score (nSPS) is 18.1. The van der Waals surface area contributed by atoms with Crippen molar-refractivity contribution in [3.8, 4) is 0 Å². The third kappa shape index (κ3) is 6.75. The van der Waals surface area contributed by atoms with Gasteiger partial charge >= 0.3 is 0 Å². The van der Waals surface area contributed by atoms with E-state index in [4.69, 9.17) is 9.47 Å². The van der Waals surface area contributed by atoms with Gasteiger partial charge in [-0.2, -0.15) is 0 Å². The van der Waals surface area contributed by atoms with E-state index in [1.807, 2.05) is 0 Å². The quantitative estimate of drug-likeness (QED) is 0.404. The minimum Gasteiger partial charge on any atom is -0.379 e. The molecule has 136 valence electrons. The predicted octanol–water partition coefficient (Wildman–Crippen LogP) is 2.05. The summed E-state index contributed by atoms with van der Waals surface area (Å²) in [6.07, 6.45) is 4.54. The van der Waals surface area contributed by atoms with Gasteiger partial charge in [-0.3, -0.25) is 4.99 Å². The molecule has 0 saturated carbocycles. The Labute approximate surface area is 149 Å². The Morgan fingerprint density at radius 3 is 2.88 bits per heavy atom. The second-order valence-corrected chi connectivity index (χ2v) is 7.27. The first-order valence-corrected chi connectivity index (χ1v) is 9.57. The summed E-state index contributed by atoms with van der Waals surface area (Å²) in [4.78, 5) is 10.1. The number of hydrogen-bond donors (Lipinski definition) is 2. The number of guanidine groups is 1. The summed E-state index contributed by atoms with van der Waals surface area (Å²) < 4.78 is 11.2. The van der Waals surface area contributed by atoms with Crippen molar-refractivity contribution < 1.29 is 9.47 Å². The van der Waals surface area contributed by atoms with E-state index in [-0.39, 0.29) is 0 Å². The number of hydrogen-bond acceptors (Lipinski definition) is 5. The van der Waals surface area contributed by atoms with Crippen LogP contribution in [-0.2, 0) is 15.9 Å². The van der Waals surface area contributed by atoms with Crippen molar-refractivity contribution in [3.63, 3.8) is 0 Å². The van der Waals surface area contributed by atoms with Gasteiger partial charge in [0, 0.05) is 44.6 Å². The summed E-state index contributed by atoms with van der Waals surface area (Å²) in [5.41, 5.74) is 1.14. The molecule has 0 spiro atoms. The number of aliphatic imine (C=N–C) groups is 1. The molecule has 1 fully saturated rings. The lowest BCUT2D eigenvalue weighted by atomic mass is 10.2. The van der Waals surface area contributed by atoms with E-state index in [1.54, 1.807) is 18.4 Å². The highest BCUT2D eigenvalue weighted by molar-refractivity contribution is 7.11. The van der Waals surface area contributed by atoms with Crippen LogP contribution in [-0.4, -0.2) is 57.0 Å². The van der Waals surface area contributed by atoms with E-state index in [0.717, 1.165) is 75.3 Å². The number of thiazole rings is 1. The summed E-state index contributed by atoms with van der Waals surface area (Å²) in [6, 6.07) is 0. The first-order valence-electron chi connectivity index (χ1n) is 8.76. The van der Waals surface area contributed by atoms with Gasteiger partial charge in [0.25, 0.3) is 0 Å². The molecule has 2 rings (SSSR count). The second-order valence-electron chi connectivity index (χ2n) is 5.98. The van der Waals surface area contributed by atoms with Crippen molar-refractivity contribution in [2.24, 2.45) is 4.99 Å². The van der Waals surface area contributed by atoms with Gasteiger partial charge in [0.05, 0.1) is 23.4 Å². The maximum atomic E-state index is 5.66. The average Bonchev–Trinajstić information content (AvgIpc) is 3.18. The van der Waals surface area contributed by atoms with Crippen molar-refractivity contribution in [1.29, 1.82) is 0 Å². The highest BCUT2D eigenvalue weighted by atomic mass is 32.1. The Morgan fingerprint density at radius 2 is 2.21 bits per heavy atom. The molecule has 2 heterocycles. The Morgan fingerprint density at radius 1 is 1.38 bits per heavy atom. The molecule has 7 heteroatoms. The van der Waals surface area contributed by atoms with Gasteiger partial charge < -0.3 is 20.1 Å². The molecule has 2 N–H and O–H groups in total. The van der Waals surface area contributed by atoms with Crippen LogP contribution < -0.4 is 10.6 Å². The first kappa shape index (κ1) is 19.1. The Balaban J connectivity index is 1.51. The molecule has 1 aliphatic heterocycles. The SMILES string of the molecule is CN=C(NCCCOCC1CCCO1)NCCc1sc(C)nc1C. The fourth-order valence-electron chi connectivity index (χ4n) is 2.69. The molecular formula is C17H30N4O2S. The standard InChI is InChI=1S/C17H30N4O2S/c1-13-16(24-14(2)21-13)7-9-20-17(18-3)19-8-5-10-22-12-15-6-4-11-23-15/h15H,4-12H2,1-3H3,(H2,18,19,20). The van der Waals surface area contributed by atoms with Crippen molar-refractivity contribution in [3.05, 3.63) is 15.6 Å². The summed E-state index contributed by atoms with van der Waals surface area (Å²) in [5, 5.41) is 7.80. The molecule has 0 amide bonds. The minimum atomic E-state index is 0.311. The number of nitrogens with one attached hydrogen (secondary N) is 2. The largest absolute Gasteiger partial charge is 0.379 e. The molecule has 6 nitrogen and oxygen atoms in total. The number of aryl methyl sites for hydroxylation is 2. The van der Waals surface area contributed by atoms with Crippen LogP contribution in [0, 0.1) is 13.8 Å². The fourth-order valence-corrected chi connectivity index (χ4v) is 3.63. The second kappa shape index (κ2) is 10.6. The van der Waals surface area contributed by atoms with E-state index in [0.29, 0.717) is 6.10 Å². The summed E-state index contributed by atoms with van der Waals surface area (Å²) >= 11 is 1.77. The van der Waals surface area contributed by atoms with Gasteiger partial charge in [0.1, 0.15) is 0 Å². The topological polar surface area (TPSA) is 67.8 Å². The molecule has 0 aliphatic carbocycles. The van der Waals surface area contributed by atoms with Crippen molar-refractivity contribution in [2.75, 3.05) is 40.0 Å². The molecule has 1 saturated heterocycles. The molecule has 0 aromatic carbocycles. The van der Waals surface area contributed by atoms with E-state index < -0.39 is 0 Å². The average molecular weight is 355 g/mol. The van der Waals surface area contributed by atoms with Crippen LogP contribution in [0.15, 0.2) is 4.99 Å². The Hall–Kier alpha value is -1.18. The van der Waals surface area contributed by atoms with E-state index in [1.165, 1.54) is 4.88 Å². The Kier molecular flexibility index (Phi) is 8.49. The molecule has 0 radical (unpaired) electrons. The number of ether oxygens (including phenoxy) is 2. The lowest BCUT2D eigenvalue weighted by Crippen LogP contribution is -2.39. The maximum absolute atomic E-state index is 5.66. The number of nitrogens with zero attached hydrogens (tertiary/aromatic N) is 2. The predicted molar refractivity (Wildman–Crippen MR) is 99.1 cm³/mol. The number of rotatable bonds is 9. The maximum Gasteiger partial charge on any atom is 0.190 e. The first-order chi connectivity index (χ1) is 11.7. The zero-order valence-electron chi connectivity index (χ0n) is 15.1. The van der Waals surface area contributed by atoms with Crippen LogP contribution in [0.25, 0.3) is 0 Å². The van der Waals surface area contributed by atoms with Crippen LogP contribution in [0.2, 0.25) is 0 Å². The van der Waals surface area contributed by atoms with Crippen LogP contribution >= 0.6 is 11.3 Å². The molecular weight excluding hydrogens is 324 g/mol. The third-order valence-electron chi connectivity index (χ3n) is 3.95. The van der Waals surface area contributed by atoms with Gasteiger partial charge in [0.2, 0.25) is 0 Å². The van der Waals surface area contributed by atoms with E-state index in [2.05, 4.69) is 34.5 Å². The lowest BCUT2D eigenvalue weighted by molar-refractivity contribution is 0.0168. The lowest BCUT2D eigenvalue weighted by Gasteiger charge is -2.12. The van der Waals surface area contributed by atoms with Crippen molar-refractivity contribution in [2.45, 2.75) is 45.6 Å². The molecule has 24 heavy (non-hydrogen) atoms. The smallest absolute Gasteiger partial charge is 0.190 e. The number of aromatic nitrogens is 1. The van der Waals surface area contributed by atoms with E-state index in [9.17, 15) is 0 Å². The highest BCUT2D eigenvalue weighted by Crippen LogP contribution is 2.17. The highest BCUT2D eigenvalue weighted by Gasteiger charge is 2.14. The minimum absolute atomic E-state index is 0.311. The zero-order valence-corrected chi connectivity index (χ0v) is 15.9. The van der Waals surface area contributed by atoms with Crippen molar-refractivity contribution in [1.82, 2.24) is 15.6 Å². The van der Waals surface area contributed by atoms with E-state index >= 15 is 0 Å². The van der Waals surface area contributed by atoms with Crippen LogP contribution in [0.4, 0.5) is 0 Å². The summed E-state index contributed by atoms with van der Waals surface area (Å²) in [5.74, 6) is 0.841. The molecule has 1 unspecified atom stereocenters. The molecule has 1 aromatic heterocycles. The third-order valence-corrected chi connectivity index (χ3v) is 5.09. The molecule has 1 aliphatic rings. The van der Waals surface area contributed by atoms with Crippen LogP contribution in [0.1, 0.15) is 34.8 Å². The molecule has 1 atom stereocenters. The van der Waals surface area contributed by atoms with Crippen LogP contribution in [0.3, 0.4) is 0 Å². The van der Waals surface area contributed by atoms with Crippen molar-refractivity contribution >= 4 is 17.3 Å². The fraction of sp³-hybridized carbons (Fsp3) is 0.765. The van der Waals surface area contributed by atoms with Gasteiger partial charge in [-0.25, -0.2) is 4.98 Å². The molecule has 1 aromatic rings. The van der Waals surface area contributed by atoms with Crippen LogP contribution in [0.5, 0.6) is 0 Å². The van der Waals surface area contributed by atoms with Gasteiger partial charge in [0.15, 0.2) is 5.96 Å². The zero-order chi connectivity index (χ0) is 17.2.